The minimum atomic E-state index is -0.699. The lowest BCUT2D eigenvalue weighted by atomic mass is 9.95. The molecule has 1 atom stereocenters. The van der Waals surface area contributed by atoms with Gasteiger partial charge in [0.15, 0.2) is 0 Å². The Morgan fingerprint density at radius 2 is 1.71 bits per heavy atom. The smallest absolute Gasteiger partial charge is 0.147 e. The number of carbonyl (C=O) groups excluding carboxylic acids is 1. The standard InChI is InChI=1S/C16H13NO4/c18-9-14-16-10(7-13(20)8-15(16)21)5-6-17(14)11-1-3-12(19)4-2-11/h1-9,14,19-21H. The second-order valence-corrected chi connectivity index (χ2v) is 4.79. The van der Waals surface area contributed by atoms with Crippen molar-refractivity contribution in [3.63, 3.8) is 0 Å². The van der Waals surface area contributed by atoms with Crippen molar-refractivity contribution in [2.24, 2.45) is 0 Å². The molecule has 0 aromatic heterocycles. The second kappa shape index (κ2) is 4.86. The van der Waals surface area contributed by atoms with Crippen LogP contribution in [0, 0.1) is 0 Å². The highest BCUT2D eigenvalue weighted by Gasteiger charge is 2.27. The highest BCUT2D eigenvalue weighted by atomic mass is 16.3. The number of benzene rings is 2. The minimum Gasteiger partial charge on any atom is -0.508 e. The van der Waals surface area contributed by atoms with Crippen LogP contribution < -0.4 is 4.90 Å². The first-order valence-corrected chi connectivity index (χ1v) is 6.37. The molecule has 0 fully saturated rings. The molecule has 3 N–H and O–H groups in total. The fourth-order valence-corrected chi connectivity index (χ4v) is 2.50. The maximum absolute atomic E-state index is 11.5. The van der Waals surface area contributed by atoms with Gasteiger partial charge in [-0.2, -0.15) is 0 Å². The number of carbonyl (C=O) groups is 1. The molecular weight excluding hydrogens is 270 g/mol. The zero-order valence-corrected chi connectivity index (χ0v) is 11.0. The molecule has 5 heteroatoms. The Labute approximate surface area is 121 Å². The molecule has 0 bridgehead atoms. The summed E-state index contributed by atoms with van der Waals surface area (Å²) < 4.78 is 0. The maximum atomic E-state index is 11.5. The summed E-state index contributed by atoms with van der Waals surface area (Å²) in [6, 6.07) is 8.42. The van der Waals surface area contributed by atoms with Gasteiger partial charge in [-0.25, -0.2) is 0 Å². The highest BCUT2D eigenvalue weighted by Crippen LogP contribution is 2.40. The first kappa shape index (κ1) is 13.1. The highest BCUT2D eigenvalue weighted by molar-refractivity contribution is 5.80. The van der Waals surface area contributed by atoms with E-state index in [4.69, 9.17) is 0 Å². The second-order valence-electron chi connectivity index (χ2n) is 4.79. The third-order valence-corrected chi connectivity index (χ3v) is 3.46. The summed E-state index contributed by atoms with van der Waals surface area (Å²) in [5, 5.41) is 28.9. The van der Waals surface area contributed by atoms with Gasteiger partial charge in [-0.15, -0.1) is 0 Å². The average molecular weight is 283 g/mol. The van der Waals surface area contributed by atoms with Gasteiger partial charge in [0.25, 0.3) is 0 Å². The number of phenols is 3. The lowest BCUT2D eigenvalue weighted by molar-refractivity contribution is -0.109. The van der Waals surface area contributed by atoms with Gasteiger partial charge >= 0.3 is 0 Å². The Morgan fingerprint density at radius 3 is 2.38 bits per heavy atom. The van der Waals surface area contributed by atoms with Crippen LogP contribution >= 0.6 is 0 Å². The molecule has 0 spiro atoms. The van der Waals surface area contributed by atoms with Crippen LogP contribution in [0.5, 0.6) is 17.2 Å². The number of aldehydes is 1. The number of nitrogens with zero attached hydrogens (tertiary/aromatic N) is 1. The minimum absolute atomic E-state index is 0.0568. The molecule has 106 valence electrons. The number of phenolic OH excluding ortho intramolecular Hbond substituents is 3. The van der Waals surface area contributed by atoms with E-state index in [-0.39, 0.29) is 17.2 Å². The molecule has 1 heterocycles. The topological polar surface area (TPSA) is 81.0 Å². The van der Waals surface area contributed by atoms with E-state index in [2.05, 4.69) is 0 Å². The van der Waals surface area contributed by atoms with Crippen molar-refractivity contribution in [1.29, 1.82) is 0 Å². The van der Waals surface area contributed by atoms with Crippen LogP contribution in [-0.4, -0.2) is 21.6 Å². The van der Waals surface area contributed by atoms with Gasteiger partial charge in [-0.3, -0.25) is 0 Å². The molecule has 2 aromatic rings. The van der Waals surface area contributed by atoms with Gasteiger partial charge < -0.3 is 25.0 Å². The van der Waals surface area contributed by atoms with Crippen LogP contribution in [0.1, 0.15) is 17.2 Å². The van der Waals surface area contributed by atoms with Gasteiger partial charge in [0, 0.05) is 23.5 Å². The molecule has 0 amide bonds. The average Bonchev–Trinajstić information content (AvgIpc) is 2.46. The zero-order valence-electron chi connectivity index (χ0n) is 11.0. The predicted octanol–water partition coefficient (Wildman–Crippen LogP) is 2.53. The molecule has 3 rings (SSSR count). The number of aromatic hydroxyl groups is 3. The lowest BCUT2D eigenvalue weighted by Crippen LogP contribution is -2.27. The molecule has 1 aliphatic rings. The maximum Gasteiger partial charge on any atom is 0.147 e. The molecule has 1 aliphatic heterocycles. The molecule has 1 unspecified atom stereocenters. The summed E-state index contributed by atoms with van der Waals surface area (Å²) in [7, 11) is 0. The van der Waals surface area contributed by atoms with E-state index in [9.17, 15) is 20.1 Å². The quantitative estimate of drug-likeness (QED) is 0.738. The number of fused-ring (bicyclic) bond motifs is 1. The third-order valence-electron chi connectivity index (χ3n) is 3.46. The van der Waals surface area contributed by atoms with E-state index in [0.29, 0.717) is 16.8 Å². The largest absolute Gasteiger partial charge is 0.508 e. The van der Waals surface area contributed by atoms with Gasteiger partial charge in [0.1, 0.15) is 29.6 Å². The molecule has 0 saturated carbocycles. The number of hydrogen-bond donors (Lipinski definition) is 3. The van der Waals surface area contributed by atoms with Gasteiger partial charge in [0.05, 0.1) is 0 Å². The van der Waals surface area contributed by atoms with Crippen LogP contribution in [0.2, 0.25) is 0 Å². The summed E-state index contributed by atoms with van der Waals surface area (Å²) in [5.74, 6) is -0.0515. The number of anilines is 1. The summed E-state index contributed by atoms with van der Waals surface area (Å²) in [6.07, 6.45) is 4.14. The van der Waals surface area contributed by atoms with Crippen molar-refractivity contribution in [2.75, 3.05) is 4.90 Å². The monoisotopic (exact) mass is 283 g/mol. The summed E-state index contributed by atoms with van der Waals surface area (Å²) in [5.41, 5.74) is 1.75. The van der Waals surface area contributed by atoms with Gasteiger partial charge in [-0.05, 0) is 42.0 Å². The number of hydrogen-bond acceptors (Lipinski definition) is 5. The van der Waals surface area contributed by atoms with Crippen LogP contribution in [0.25, 0.3) is 6.08 Å². The van der Waals surface area contributed by atoms with E-state index in [0.717, 1.165) is 6.29 Å². The zero-order chi connectivity index (χ0) is 15.0. The van der Waals surface area contributed by atoms with Crippen molar-refractivity contribution in [3.8, 4) is 17.2 Å². The fourth-order valence-electron chi connectivity index (χ4n) is 2.50. The van der Waals surface area contributed by atoms with Crippen molar-refractivity contribution >= 4 is 18.0 Å². The fraction of sp³-hybridized carbons (Fsp3) is 0.0625. The molecule has 5 nitrogen and oxygen atoms in total. The summed E-state index contributed by atoms with van der Waals surface area (Å²) in [6.45, 7) is 0. The van der Waals surface area contributed by atoms with Crippen molar-refractivity contribution < 1.29 is 20.1 Å². The molecule has 0 radical (unpaired) electrons. The molecular formula is C16H13NO4. The Bertz CT molecular complexity index is 722. The van der Waals surface area contributed by atoms with Gasteiger partial charge in [-0.1, -0.05) is 0 Å². The van der Waals surface area contributed by atoms with E-state index in [1.54, 1.807) is 29.3 Å². The Morgan fingerprint density at radius 1 is 1.00 bits per heavy atom. The van der Waals surface area contributed by atoms with E-state index in [1.807, 2.05) is 0 Å². The SMILES string of the molecule is O=CC1c2c(O)cc(O)cc2C=CN1c1ccc(O)cc1. The molecule has 0 aliphatic carbocycles. The first-order valence-electron chi connectivity index (χ1n) is 6.37. The Kier molecular flexibility index (Phi) is 3.02. The van der Waals surface area contributed by atoms with E-state index >= 15 is 0 Å². The third kappa shape index (κ3) is 2.18. The van der Waals surface area contributed by atoms with Crippen LogP contribution in [0.3, 0.4) is 0 Å². The Balaban J connectivity index is 2.10. The van der Waals surface area contributed by atoms with Crippen molar-refractivity contribution in [2.45, 2.75) is 6.04 Å². The van der Waals surface area contributed by atoms with Gasteiger partial charge in [0.2, 0.25) is 0 Å². The normalized spacial score (nSPS) is 16.6. The lowest BCUT2D eigenvalue weighted by Gasteiger charge is -2.31. The summed E-state index contributed by atoms with van der Waals surface area (Å²) in [4.78, 5) is 13.2. The van der Waals surface area contributed by atoms with Crippen LogP contribution in [-0.2, 0) is 4.79 Å². The molecule has 21 heavy (non-hydrogen) atoms. The first-order chi connectivity index (χ1) is 10.1. The molecule has 0 saturated heterocycles. The van der Waals surface area contributed by atoms with Crippen LogP contribution in [0.4, 0.5) is 5.69 Å². The Hall–Kier alpha value is -2.95. The van der Waals surface area contributed by atoms with Crippen molar-refractivity contribution in [1.82, 2.24) is 0 Å². The number of rotatable bonds is 2. The van der Waals surface area contributed by atoms with E-state index < -0.39 is 6.04 Å². The summed E-state index contributed by atoms with van der Waals surface area (Å²) >= 11 is 0. The predicted molar refractivity (Wildman–Crippen MR) is 78.2 cm³/mol. The van der Waals surface area contributed by atoms with E-state index in [1.165, 1.54) is 24.3 Å². The molecule has 2 aromatic carbocycles. The van der Waals surface area contributed by atoms with Crippen LogP contribution in [0.15, 0.2) is 42.6 Å². The van der Waals surface area contributed by atoms with Crippen molar-refractivity contribution in [3.05, 3.63) is 53.7 Å².